The maximum Gasteiger partial charge on any atom is 0.418 e. The number of hydrogen-bond donors (Lipinski definition) is 1. The van der Waals surface area contributed by atoms with E-state index in [1.54, 1.807) is 0 Å². The van der Waals surface area contributed by atoms with Crippen molar-refractivity contribution in [2.24, 2.45) is 0 Å². The van der Waals surface area contributed by atoms with Gasteiger partial charge in [-0.25, -0.2) is 9.37 Å². The van der Waals surface area contributed by atoms with E-state index >= 15 is 0 Å². The largest absolute Gasteiger partial charge is 0.474 e. The molecule has 1 aromatic heterocycles. The molecule has 0 aliphatic heterocycles. The number of aliphatic hydroxyl groups is 1. The Bertz CT molecular complexity index is 557. The van der Waals surface area contributed by atoms with Gasteiger partial charge in [-0.05, 0) is 19.3 Å². The van der Waals surface area contributed by atoms with Crippen LogP contribution in [0.3, 0.4) is 0 Å². The van der Waals surface area contributed by atoms with Gasteiger partial charge in [0.05, 0.1) is 5.56 Å². The van der Waals surface area contributed by atoms with Crippen LogP contribution in [0.5, 0.6) is 5.88 Å². The molecular weight excluding hydrogens is 290 g/mol. The van der Waals surface area contributed by atoms with E-state index in [9.17, 15) is 22.7 Å². The fourth-order valence-electron chi connectivity index (χ4n) is 2.84. The van der Waals surface area contributed by atoms with Gasteiger partial charge in [0.2, 0.25) is 5.88 Å². The monoisotopic (exact) mass is 305 g/mol. The van der Waals surface area contributed by atoms with Gasteiger partial charge in [-0.1, -0.05) is 6.92 Å². The molecule has 116 valence electrons. The molecule has 1 N–H and O–H groups in total. The quantitative estimate of drug-likeness (QED) is 0.850. The molecule has 2 aliphatic rings. The van der Waals surface area contributed by atoms with E-state index in [0.29, 0.717) is 6.20 Å². The molecule has 3 atom stereocenters. The van der Waals surface area contributed by atoms with E-state index < -0.39 is 35.5 Å². The third-order valence-electron chi connectivity index (χ3n) is 4.29. The van der Waals surface area contributed by atoms with Crippen molar-refractivity contribution in [1.29, 1.82) is 0 Å². The molecule has 3 rings (SSSR count). The van der Waals surface area contributed by atoms with Gasteiger partial charge in [0.1, 0.15) is 18.4 Å². The summed E-state index contributed by atoms with van der Waals surface area (Å²) < 4.78 is 58.6. The highest BCUT2D eigenvalue weighted by Gasteiger charge is 2.47. The number of hydrogen-bond acceptors (Lipinski definition) is 3. The molecule has 1 saturated carbocycles. The average Bonchev–Trinajstić information content (AvgIpc) is 2.58. The van der Waals surface area contributed by atoms with Gasteiger partial charge in [0.25, 0.3) is 0 Å². The molecule has 21 heavy (non-hydrogen) atoms. The molecule has 0 bridgehead atoms. The van der Waals surface area contributed by atoms with Crippen molar-refractivity contribution in [3.8, 4) is 5.88 Å². The smallest absolute Gasteiger partial charge is 0.418 e. The second-order valence-electron chi connectivity index (χ2n) is 5.65. The molecule has 0 spiro atoms. The molecule has 7 heteroatoms. The Labute approximate surface area is 118 Å². The summed E-state index contributed by atoms with van der Waals surface area (Å²) >= 11 is 0. The van der Waals surface area contributed by atoms with Crippen molar-refractivity contribution in [3.05, 3.63) is 22.9 Å². The van der Waals surface area contributed by atoms with Crippen molar-refractivity contribution in [3.63, 3.8) is 0 Å². The van der Waals surface area contributed by atoms with Gasteiger partial charge >= 0.3 is 6.18 Å². The van der Waals surface area contributed by atoms with E-state index in [-0.39, 0.29) is 17.5 Å². The molecule has 2 aliphatic carbocycles. The third kappa shape index (κ3) is 2.27. The summed E-state index contributed by atoms with van der Waals surface area (Å²) in [5, 5.41) is 9.84. The lowest BCUT2D eigenvalue weighted by atomic mass is 9.96. The molecule has 1 fully saturated rings. The van der Waals surface area contributed by atoms with Crippen LogP contribution in [-0.4, -0.2) is 22.4 Å². The molecule has 0 aromatic carbocycles. The van der Waals surface area contributed by atoms with Gasteiger partial charge < -0.3 is 9.84 Å². The van der Waals surface area contributed by atoms with E-state index in [2.05, 4.69) is 4.98 Å². The van der Waals surface area contributed by atoms with Crippen LogP contribution in [0.1, 0.15) is 54.9 Å². The maximum absolute atomic E-state index is 14.0. The predicted molar refractivity (Wildman–Crippen MR) is 65.8 cm³/mol. The van der Waals surface area contributed by atoms with Crippen LogP contribution in [0.4, 0.5) is 17.6 Å². The summed E-state index contributed by atoms with van der Waals surface area (Å²) in [7, 11) is 0. The summed E-state index contributed by atoms with van der Waals surface area (Å²) in [6.45, 7) is 1.44. The molecule has 3 nitrogen and oxygen atoms in total. The van der Waals surface area contributed by atoms with Crippen LogP contribution in [0, 0.1) is 0 Å². The highest BCUT2D eigenvalue weighted by atomic mass is 19.4. The normalized spacial score (nSPS) is 29.1. The van der Waals surface area contributed by atoms with Crippen molar-refractivity contribution in [1.82, 2.24) is 4.98 Å². The van der Waals surface area contributed by atoms with Gasteiger partial charge in [-0.3, -0.25) is 0 Å². The van der Waals surface area contributed by atoms with E-state index in [0.717, 1.165) is 19.3 Å². The van der Waals surface area contributed by atoms with Crippen LogP contribution in [0.15, 0.2) is 6.20 Å². The number of rotatable bonds is 2. The highest BCUT2D eigenvalue weighted by Crippen LogP contribution is 2.50. The minimum atomic E-state index is -4.68. The first-order valence-electron chi connectivity index (χ1n) is 6.89. The van der Waals surface area contributed by atoms with Gasteiger partial charge in [-0.15, -0.1) is 0 Å². The van der Waals surface area contributed by atoms with Crippen LogP contribution in [0.2, 0.25) is 0 Å². The number of pyridine rings is 1. The number of aromatic nitrogens is 1. The van der Waals surface area contributed by atoms with Crippen LogP contribution in [-0.2, 0) is 6.18 Å². The lowest BCUT2D eigenvalue weighted by Gasteiger charge is -2.27. The number of nitrogens with zero attached hydrogens (tertiary/aromatic N) is 1. The molecule has 1 heterocycles. The Kier molecular flexibility index (Phi) is 3.35. The zero-order valence-electron chi connectivity index (χ0n) is 11.3. The van der Waals surface area contributed by atoms with Crippen LogP contribution < -0.4 is 4.74 Å². The van der Waals surface area contributed by atoms with E-state index in [1.807, 2.05) is 0 Å². The lowest BCUT2D eigenvalue weighted by molar-refractivity contribution is -0.139. The summed E-state index contributed by atoms with van der Waals surface area (Å²) in [5.74, 6) is -0.853. The average molecular weight is 305 g/mol. The fraction of sp³-hybridized carbons (Fsp3) is 0.643. The molecule has 1 aromatic rings. The zero-order valence-corrected chi connectivity index (χ0v) is 11.3. The Morgan fingerprint density at radius 3 is 2.48 bits per heavy atom. The van der Waals surface area contributed by atoms with Crippen molar-refractivity contribution >= 4 is 0 Å². The molecule has 0 saturated heterocycles. The third-order valence-corrected chi connectivity index (χ3v) is 4.29. The number of fused-ring (bicyclic) bond motifs is 1. The SMILES string of the molecule is CC1c2c(OC3CCC3)ncc(C(F)(F)F)c2C(O)C1F. The Morgan fingerprint density at radius 2 is 1.95 bits per heavy atom. The molecular formula is C14H15F4NO2. The molecule has 3 unspecified atom stereocenters. The summed E-state index contributed by atoms with van der Waals surface area (Å²) in [4.78, 5) is 3.74. The predicted octanol–water partition coefficient (Wildman–Crippen LogP) is 3.52. The Morgan fingerprint density at radius 1 is 1.29 bits per heavy atom. The van der Waals surface area contributed by atoms with Gasteiger partial charge in [0, 0.05) is 23.2 Å². The number of ether oxygens (including phenoxy) is 1. The minimum absolute atomic E-state index is 0.0226. The summed E-state index contributed by atoms with van der Waals surface area (Å²) in [5.41, 5.74) is -1.46. The van der Waals surface area contributed by atoms with Crippen molar-refractivity contribution < 1.29 is 27.4 Å². The van der Waals surface area contributed by atoms with E-state index in [1.165, 1.54) is 6.92 Å². The first kappa shape index (κ1) is 14.6. The van der Waals surface area contributed by atoms with Gasteiger partial charge in [0.15, 0.2) is 0 Å². The number of alkyl halides is 4. The molecule has 0 amide bonds. The van der Waals surface area contributed by atoms with Crippen molar-refractivity contribution in [2.75, 3.05) is 0 Å². The number of halogens is 4. The first-order chi connectivity index (χ1) is 9.80. The summed E-state index contributed by atoms with van der Waals surface area (Å²) in [6.07, 6.45) is -5.09. The maximum atomic E-state index is 14.0. The fourth-order valence-corrected chi connectivity index (χ4v) is 2.84. The van der Waals surface area contributed by atoms with Gasteiger partial charge in [-0.2, -0.15) is 13.2 Å². The van der Waals surface area contributed by atoms with Crippen LogP contribution >= 0.6 is 0 Å². The lowest BCUT2D eigenvalue weighted by Crippen LogP contribution is -2.26. The van der Waals surface area contributed by atoms with Crippen molar-refractivity contribution in [2.45, 2.75) is 56.7 Å². The van der Waals surface area contributed by atoms with Crippen LogP contribution in [0.25, 0.3) is 0 Å². The Hall–Kier alpha value is -1.37. The highest BCUT2D eigenvalue weighted by molar-refractivity contribution is 5.50. The molecule has 0 radical (unpaired) electrons. The minimum Gasteiger partial charge on any atom is -0.474 e. The Balaban J connectivity index is 2.09. The number of aliphatic hydroxyl groups excluding tert-OH is 1. The summed E-state index contributed by atoms with van der Waals surface area (Å²) in [6, 6.07) is 0. The second kappa shape index (κ2) is 4.83. The van der Waals surface area contributed by atoms with E-state index in [4.69, 9.17) is 4.74 Å². The second-order valence-corrected chi connectivity index (χ2v) is 5.65. The standard InChI is InChI=1S/C14H15F4NO2/c1-6-9-10(12(20)11(6)15)8(14(16,17)18)5-19-13(9)21-7-3-2-4-7/h5-7,11-12,20H,2-4H2,1H3. The zero-order chi connectivity index (χ0) is 15.4. The first-order valence-corrected chi connectivity index (χ1v) is 6.89. The topological polar surface area (TPSA) is 42.4 Å².